The molecule has 7 atom stereocenters. The lowest BCUT2D eigenvalue weighted by atomic mass is 9.47. The third-order valence-electron chi connectivity index (χ3n) is 9.81. The topological polar surface area (TPSA) is 75.7 Å². The number of hydrogen-bond donors (Lipinski definition) is 1. The van der Waals surface area contributed by atoms with Crippen LogP contribution in [0.1, 0.15) is 86.0 Å². The molecule has 174 valence electrons. The van der Waals surface area contributed by atoms with Crippen molar-refractivity contribution in [2.45, 2.75) is 104 Å². The number of esters is 1. The molecule has 4 aliphatic rings. The molecule has 0 spiro atoms. The van der Waals surface area contributed by atoms with Gasteiger partial charge in [-0.05, 0) is 87.4 Å². The van der Waals surface area contributed by atoms with Crippen molar-refractivity contribution >= 4 is 17.8 Å². The van der Waals surface area contributed by atoms with Gasteiger partial charge in [0.15, 0.2) is 5.60 Å². The predicted octanol–water partition coefficient (Wildman–Crippen LogP) is 3.68. The monoisotopic (exact) mass is 432 g/mol. The fourth-order valence-electron chi connectivity index (χ4n) is 8.13. The van der Waals surface area contributed by atoms with E-state index in [1.165, 1.54) is 19.8 Å². The van der Waals surface area contributed by atoms with E-state index in [1.807, 2.05) is 11.9 Å². The molecule has 4 fully saturated rings. The SMILES string of the molecule is CC(=O)OC(C)(C)C(=O)NC1CC[C@H]2[C@@H]3CCC4N(C)C(=O)CC[C@]4(C)[C@@H]3CC[C@]12C. The van der Waals surface area contributed by atoms with E-state index < -0.39 is 11.6 Å². The Morgan fingerprint density at radius 2 is 1.71 bits per heavy atom. The highest BCUT2D eigenvalue weighted by Crippen LogP contribution is 2.64. The van der Waals surface area contributed by atoms with Gasteiger partial charge < -0.3 is 15.0 Å². The Morgan fingerprint density at radius 3 is 2.39 bits per heavy atom. The molecule has 1 N–H and O–H groups in total. The van der Waals surface area contributed by atoms with Gasteiger partial charge >= 0.3 is 5.97 Å². The molecule has 0 aromatic heterocycles. The Balaban J connectivity index is 1.51. The van der Waals surface area contributed by atoms with E-state index in [-0.39, 0.29) is 22.8 Å². The number of ether oxygens (including phenoxy) is 1. The number of carbonyl (C=O) groups is 3. The molecule has 0 bridgehead atoms. The molecular formula is C25H40N2O4. The fourth-order valence-corrected chi connectivity index (χ4v) is 8.13. The summed E-state index contributed by atoms with van der Waals surface area (Å²) in [6, 6.07) is 0.503. The molecule has 1 aliphatic heterocycles. The second-order valence-electron chi connectivity index (χ2n) is 11.7. The molecule has 3 aliphatic carbocycles. The molecule has 31 heavy (non-hydrogen) atoms. The first kappa shape index (κ1) is 22.6. The van der Waals surface area contributed by atoms with Gasteiger partial charge in [-0.2, -0.15) is 0 Å². The van der Waals surface area contributed by atoms with Gasteiger partial charge in [0.2, 0.25) is 5.91 Å². The second kappa shape index (κ2) is 7.48. The molecule has 0 aromatic carbocycles. The molecule has 2 unspecified atom stereocenters. The normalized spacial score (nSPS) is 42.3. The minimum absolute atomic E-state index is 0.0860. The van der Waals surface area contributed by atoms with Crippen LogP contribution in [-0.2, 0) is 19.1 Å². The molecule has 6 nitrogen and oxygen atoms in total. The summed E-state index contributed by atoms with van der Waals surface area (Å²) in [5.74, 6) is 1.61. The average molecular weight is 433 g/mol. The lowest BCUT2D eigenvalue weighted by Gasteiger charge is -2.61. The molecule has 1 saturated heterocycles. The van der Waals surface area contributed by atoms with Crippen LogP contribution in [0.4, 0.5) is 0 Å². The summed E-state index contributed by atoms with van der Waals surface area (Å²) in [5.41, 5.74) is -0.851. The number of rotatable bonds is 3. The average Bonchev–Trinajstić information content (AvgIpc) is 3.00. The van der Waals surface area contributed by atoms with Gasteiger partial charge in [0, 0.05) is 32.5 Å². The van der Waals surface area contributed by atoms with Crippen molar-refractivity contribution in [3.63, 3.8) is 0 Å². The van der Waals surface area contributed by atoms with E-state index in [9.17, 15) is 14.4 Å². The number of hydrogen-bond acceptors (Lipinski definition) is 4. The first-order valence-corrected chi connectivity index (χ1v) is 12.2. The zero-order chi connectivity index (χ0) is 22.8. The van der Waals surface area contributed by atoms with Crippen molar-refractivity contribution in [2.75, 3.05) is 7.05 Å². The zero-order valence-corrected chi connectivity index (χ0v) is 20.1. The summed E-state index contributed by atoms with van der Waals surface area (Å²) < 4.78 is 5.27. The minimum atomic E-state index is -1.15. The Hall–Kier alpha value is -1.59. The zero-order valence-electron chi connectivity index (χ0n) is 20.1. The third kappa shape index (κ3) is 3.48. The van der Waals surface area contributed by atoms with E-state index in [0.29, 0.717) is 36.1 Å². The molecule has 2 amide bonds. The third-order valence-corrected chi connectivity index (χ3v) is 9.81. The number of fused-ring (bicyclic) bond motifs is 5. The summed E-state index contributed by atoms with van der Waals surface area (Å²) in [4.78, 5) is 38.7. The van der Waals surface area contributed by atoms with Crippen LogP contribution in [0.5, 0.6) is 0 Å². The van der Waals surface area contributed by atoms with Gasteiger partial charge in [-0.15, -0.1) is 0 Å². The number of likely N-dealkylation sites (tertiary alicyclic amines) is 1. The molecule has 1 heterocycles. The summed E-state index contributed by atoms with van der Waals surface area (Å²) in [6.45, 7) is 9.48. The van der Waals surface area contributed by atoms with Crippen LogP contribution >= 0.6 is 0 Å². The lowest BCUT2D eigenvalue weighted by Crippen LogP contribution is -2.62. The van der Waals surface area contributed by atoms with Gasteiger partial charge in [0.25, 0.3) is 5.91 Å². The van der Waals surface area contributed by atoms with Gasteiger partial charge in [-0.25, -0.2) is 0 Å². The van der Waals surface area contributed by atoms with Crippen LogP contribution in [-0.4, -0.2) is 47.4 Å². The molecular weight excluding hydrogens is 392 g/mol. The predicted molar refractivity (Wildman–Crippen MR) is 118 cm³/mol. The van der Waals surface area contributed by atoms with Crippen molar-refractivity contribution in [3.05, 3.63) is 0 Å². The molecule has 0 aromatic rings. The maximum Gasteiger partial charge on any atom is 0.303 e. The minimum Gasteiger partial charge on any atom is -0.450 e. The van der Waals surface area contributed by atoms with Crippen LogP contribution in [0.2, 0.25) is 0 Å². The number of nitrogens with zero attached hydrogens (tertiary/aromatic N) is 1. The summed E-state index contributed by atoms with van der Waals surface area (Å²) in [5, 5.41) is 3.27. The van der Waals surface area contributed by atoms with Crippen molar-refractivity contribution < 1.29 is 19.1 Å². The van der Waals surface area contributed by atoms with Crippen LogP contribution in [0.15, 0.2) is 0 Å². The van der Waals surface area contributed by atoms with E-state index in [2.05, 4.69) is 19.2 Å². The van der Waals surface area contributed by atoms with Crippen LogP contribution in [0.25, 0.3) is 0 Å². The first-order valence-electron chi connectivity index (χ1n) is 12.2. The van der Waals surface area contributed by atoms with E-state index in [0.717, 1.165) is 32.1 Å². The van der Waals surface area contributed by atoms with Crippen LogP contribution in [0.3, 0.4) is 0 Å². The van der Waals surface area contributed by atoms with Crippen molar-refractivity contribution in [2.24, 2.45) is 28.6 Å². The highest BCUT2D eigenvalue weighted by atomic mass is 16.6. The Morgan fingerprint density at radius 1 is 1.03 bits per heavy atom. The highest BCUT2D eigenvalue weighted by Gasteiger charge is 2.61. The Labute approximate surface area is 186 Å². The maximum atomic E-state index is 12.9. The van der Waals surface area contributed by atoms with Crippen molar-refractivity contribution in [1.82, 2.24) is 10.2 Å². The number of nitrogens with one attached hydrogen (secondary N) is 1. The highest BCUT2D eigenvalue weighted by molar-refractivity contribution is 5.87. The standard InChI is InChI=1S/C25H40N2O4/c1-15(28)31-23(2,3)22(30)26-19-9-8-17-16-7-10-20-25(5,14-12-21(29)27(20)6)18(16)11-13-24(17,19)4/h16-20H,7-14H2,1-6H3,(H,26,30)/t16-,17-,18+,19?,20?,24-,25+/m0/s1. The van der Waals surface area contributed by atoms with Crippen LogP contribution in [0, 0.1) is 28.6 Å². The quantitative estimate of drug-likeness (QED) is 0.691. The maximum absolute atomic E-state index is 12.9. The number of amides is 2. The summed E-state index contributed by atoms with van der Waals surface area (Å²) >= 11 is 0. The summed E-state index contributed by atoms with van der Waals surface area (Å²) in [7, 11) is 2.00. The van der Waals surface area contributed by atoms with Gasteiger partial charge in [0.1, 0.15) is 0 Å². The fraction of sp³-hybridized carbons (Fsp3) is 0.880. The Bertz CT molecular complexity index is 779. The van der Waals surface area contributed by atoms with Crippen LogP contribution < -0.4 is 5.32 Å². The lowest BCUT2D eigenvalue weighted by molar-refractivity contribution is -0.164. The Kier molecular flexibility index (Phi) is 5.45. The van der Waals surface area contributed by atoms with Gasteiger partial charge in [0.05, 0.1) is 0 Å². The van der Waals surface area contributed by atoms with Crippen molar-refractivity contribution in [3.8, 4) is 0 Å². The second-order valence-corrected chi connectivity index (χ2v) is 11.7. The summed E-state index contributed by atoms with van der Waals surface area (Å²) in [6.07, 6.45) is 8.40. The molecule has 4 rings (SSSR count). The van der Waals surface area contributed by atoms with E-state index in [4.69, 9.17) is 4.74 Å². The van der Waals surface area contributed by atoms with E-state index in [1.54, 1.807) is 13.8 Å². The molecule has 3 saturated carbocycles. The first-order chi connectivity index (χ1) is 14.4. The largest absolute Gasteiger partial charge is 0.450 e. The van der Waals surface area contributed by atoms with Gasteiger partial charge in [-0.1, -0.05) is 13.8 Å². The molecule has 0 radical (unpaired) electrons. The van der Waals surface area contributed by atoms with Gasteiger partial charge in [-0.3, -0.25) is 14.4 Å². The smallest absolute Gasteiger partial charge is 0.303 e. The number of piperidine rings is 1. The molecule has 6 heteroatoms. The number of carbonyl (C=O) groups excluding carboxylic acids is 3. The van der Waals surface area contributed by atoms with E-state index >= 15 is 0 Å². The van der Waals surface area contributed by atoms with Crippen molar-refractivity contribution in [1.29, 1.82) is 0 Å².